The van der Waals surface area contributed by atoms with Crippen LogP contribution in [-0.4, -0.2) is 26.0 Å². The number of benzene rings is 3. The molecular formula is C25H23N5OS. The fraction of sp³-hybridized carbons (Fsp3) is 0.160. The van der Waals surface area contributed by atoms with E-state index in [1.165, 1.54) is 17.3 Å². The van der Waals surface area contributed by atoms with Crippen LogP contribution in [-0.2, 0) is 11.2 Å². The van der Waals surface area contributed by atoms with Crippen LogP contribution >= 0.6 is 11.8 Å². The first-order chi connectivity index (χ1) is 15.7. The molecule has 0 fully saturated rings. The van der Waals surface area contributed by atoms with Crippen LogP contribution < -0.4 is 10.7 Å². The van der Waals surface area contributed by atoms with Crippen molar-refractivity contribution < 1.29 is 4.79 Å². The molecular weight excluding hydrogens is 418 g/mol. The number of fused-ring (bicyclic) bond motifs is 1. The summed E-state index contributed by atoms with van der Waals surface area (Å²) < 4.78 is 1.89. The molecule has 0 saturated carbocycles. The third kappa shape index (κ3) is 3.99. The van der Waals surface area contributed by atoms with Crippen LogP contribution in [0, 0.1) is 0 Å². The van der Waals surface area contributed by atoms with Gasteiger partial charge >= 0.3 is 0 Å². The molecule has 0 saturated heterocycles. The molecule has 1 aromatic heterocycles. The second kappa shape index (κ2) is 8.88. The zero-order chi connectivity index (χ0) is 21.9. The molecule has 2 N–H and O–H groups in total. The highest BCUT2D eigenvalue weighted by atomic mass is 32.2. The Kier molecular flexibility index (Phi) is 5.64. The molecule has 0 unspecified atom stereocenters. The van der Waals surface area contributed by atoms with E-state index in [1.54, 1.807) is 0 Å². The second-order valence-electron chi connectivity index (χ2n) is 7.60. The number of carbonyl (C=O) groups is 1. The molecule has 1 aliphatic rings. The van der Waals surface area contributed by atoms with E-state index in [1.807, 2.05) is 89.6 Å². The van der Waals surface area contributed by atoms with Gasteiger partial charge in [0.05, 0.1) is 6.04 Å². The highest BCUT2D eigenvalue weighted by Crippen LogP contribution is 2.38. The summed E-state index contributed by atoms with van der Waals surface area (Å²) in [6.45, 7) is 2.11. The van der Waals surface area contributed by atoms with Crippen molar-refractivity contribution in [3.05, 3.63) is 96.1 Å². The van der Waals surface area contributed by atoms with Crippen molar-refractivity contribution in [1.29, 1.82) is 0 Å². The van der Waals surface area contributed by atoms with Crippen molar-refractivity contribution in [1.82, 2.24) is 14.9 Å². The minimum atomic E-state index is -0.413. The molecule has 2 atom stereocenters. The Labute approximate surface area is 191 Å². The van der Waals surface area contributed by atoms with E-state index >= 15 is 0 Å². The lowest BCUT2D eigenvalue weighted by Crippen LogP contribution is -2.41. The number of amides is 1. The van der Waals surface area contributed by atoms with Gasteiger partial charge in [0.25, 0.3) is 0 Å². The summed E-state index contributed by atoms with van der Waals surface area (Å²) >= 11 is 1.43. The number of thioether (sulfide) groups is 1. The fourth-order valence-electron chi connectivity index (χ4n) is 3.78. The molecule has 4 aromatic rings. The number of aromatic nitrogens is 3. The van der Waals surface area contributed by atoms with Crippen LogP contribution in [0.1, 0.15) is 24.1 Å². The van der Waals surface area contributed by atoms with Gasteiger partial charge in [0.2, 0.25) is 11.1 Å². The first-order valence-corrected chi connectivity index (χ1v) is 11.5. The second-order valence-corrected chi connectivity index (χ2v) is 8.71. The highest BCUT2D eigenvalue weighted by molar-refractivity contribution is 8.00. The zero-order valence-corrected chi connectivity index (χ0v) is 18.4. The van der Waals surface area contributed by atoms with Crippen LogP contribution in [0.15, 0.2) is 90.1 Å². The summed E-state index contributed by atoms with van der Waals surface area (Å²) in [4.78, 5) is 13.4. The molecule has 5 rings (SSSR count). The van der Waals surface area contributed by atoms with Crippen LogP contribution in [0.3, 0.4) is 0 Å². The van der Waals surface area contributed by atoms with Gasteiger partial charge in [0.15, 0.2) is 5.82 Å². The molecule has 1 aliphatic heterocycles. The molecule has 7 heteroatoms. The predicted molar refractivity (Wildman–Crippen MR) is 128 cm³/mol. The number of hydrogen-bond acceptors (Lipinski definition) is 5. The summed E-state index contributed by atoms with van der Waals surface area (Å²) in [5, 5.41) is 12.1. The van der Waals surface area contributed by atoms with Crippen molar-refractivity contribution in [3.63, 3.8) is 0 Å². The van der Waals surface area contributed by atoms with E-state index in [-0.39, 0.29) is 11.9 Å². The van der Waals surface area contributed by atoms with Crippen LogP contribution in [0.5, 0.6) is 0 Å². The minimum Gasteiger partial charge on any atom is -0.325 e. The van der Waals surface area contributed by atoms with Gasteiger partial charge in [0.1, 0.15) is 5.25 Å². The SMILES string of the molecule is CCc1ccc(NC(=O)[C@@H]2Sc3nnc(-c4ccccc4)n3N[C@@H]2c2ccccc2)cc1. The average molecular weight is 442 g/mol. The standard InChI is InChI=1S/C25H23N5OS/c1-2-17-13-15-20(16-14-17)26-24(31)22-21(18-9-5-3-6-10-18)29-30-23(27-28-25(30)32-22)19-11-7-4-8-12-19/h3-16,21-22,29H,2H2,1H3,(H,26,31)/t21-,22-/m1/s1. The predicted octanol–water partition coefficient (Wildman–Crippen LogP) is 4.91. The van der Waals surface area contributed by atoms with Crippen LogP contribution in [0.25, 0.3) is 11.4 Å². The van der Waals surface area contributed by atoms with E-state index < -0.39 is 5.25 Å². The summed E-state index contributed by atoms with van der Waals surface area (Å²) in [5.74, 6) is 0.652. The molecule has 6 nitrogen and oxygen atoms in total. The Hall–Kier alpha value is -3.58. The maximum Gasteiger partial charge on any atom is 0.240 e. The van der Waals surface area contributed by atoms with Gasteiger partial charge in [-0.25, -0.2) is 4.68 Å². The van der Waals surface area contributed by atoms with Crippen LogP contribution in [0.2, 0.25) is 0 Å². The maximum absolute atomic E-state index is 13.4. The number of aryl methyl sites for hydroxylation is 1. The maximum atomic E-state index is 13.4. The number of hydrogen-bond donors (Lipinski definition) is 2. The third-order valence-corrected chi connectivity index (χ3v) is 6.73. The minimum absolute atomic E-state index is 0.0730. The van der Waals surface area contributed by atoms with Crippen molar-refractivity contribution >= 4 is 23.4 Å². The molecule has 0 radical (unpaired) electrons. The molecule has 160 valence electrons. The number of anilines is 1. The van der Waals surface area contributed by atoms with Gasteiger partial charge in [-0.2, -0.15) is 0 Å². The summed E-state index contributed by atoms with van der Waals surface area (Å²) in [7, 11) is 0. The Balaban J connectivity index is 1.47. The lowest BCUT2D eigenvalue weighted by Gasteiger charge is -2.33. The molecule has 32 heavy (non-hydrogen) atoms. The summed E-state index contributed by atoms with van der Waals surface area (Å²) in [6, 6.07) is 27.7. The van der Waals surface area contributed by atoms with Crippen molar-refractivity contribution in [2.24, 2.45) is 0 Å². The van der Waals surface area contributed by atoms with Gasteiger partial charge in [-0.3, -0.25) is 4.79 Å². The van der Waals surface area contributed by atoms with Gasteiger partial charge < -0.3 is 10.7 Å². The summed E-state index contributed by atoms with van der Waals surface area (Å²) in [6.07, 6.45) is 0.964. The Bertz CT molecular complexity index is 1210. The van der Waals surface area contributed by atoms with E-state index in [2.05, 4.69) is 27.9 Å². The first-order valence-electron chi connectivity index (χ1n) is 10.6. The van der Waals surface area contributed by atoms with Crippen molar-refractivity contribution in [2.45, 2.75) is 29.8 Å². The average Bonchev–Trinajstić information content (AvgIpc) is 3.28. The lowest BCUT2D eigenvalue weighted by atomic mass is 10.0. The van der Waals surface area contributed by atoms with E-state index in [9.17, 15) is 4.79 Å². The molecule has 0 spiro atoms. The van der Waals surface area contributed by atoms with E-state index in [4.69, 9.17) is 0 Å². The fourth-order valence-corrected chi connectivity index (χ4v) is 4.86. The zero-order valence-electron chi connectivity index (χ0n) is 17.6. The van der Waals surface area contributed by atoms with Crippen molar-refractivity contribution in [3.8, 4) is 11.4 Å². The van der Waals surface area contributed by atoms with E-state index in [0.717, 1.165) is 29.1 Å². The molecule has 3 aromatic carbocycles. The largest absolute Gasteiger partial charge is 0.325 e. The Morgan fingerprint density at radius 1 is 0.969 bits per heavy atom. The molecule has 0 aliphatic carbocycles. The van der Waals surface area contributed by atoms with Crippen LogP contribution in [0.4, 0.5) is 5.69 Å². The number of nitrogens with one attached hydrogen (secondary N) is 2. The molecule has 2 heterocycles. The van der Waals surface area contributed by atoms with E-state index in [0.29, 0.717) is 5.16 Å². The number of nitrogens with zero attached hydrogens (tertiary/aromatic N) is 3. The Morgan fingerprint density at radius 2 is 1.66 bits per heavy atom. The number of carbonyl (C=O) groups excluding carboxylic acids is 1. The number of rotatable bonds is 5. The van der Waals surface area contributed by atoms with Gasteiger partial charge in [-0.1, -0.05) is 91.5 Å². The monoisotopic (exact) mass is 441 g/mol. The molecule has 0 bridgehead atoms. The topological polar surface area (TPSA) is 71.8 Å². The lowest BCUT2D eigenvalue weighted by molar-refractivity contribution is -0.116. The van der Waals surface area contributed by atoms with Crippen molar-refractivity contribution in [2.75, 3.05) is 10.7 Å². The van der Waals surface area contributed by atoms with Gasteiger partial charge in [0, 0.05) is 11.3 Å². The summed E-state index contributed by atoms with van der Waals surface area (Å²) in [5.41, 5.74) is 7.52. The van der Waals surface area contributed by atoms with Gasteiger partial charge in [-0.15, -0.1) is 10.2 Å². The molecule has 1 amide bonds. The highest BCUT2D eigenvalue weighted by Gasteiger charge is 2.38. The smallest absolute Gasteiger partial charge is 0.240 e. The normalized spacial score (nSPS) is 17.3. The quantitative estimate of drug-likeness (QED) is 0.461. The van der Waals surface area contributed by atoms with Gasteiger partial charge in [-0.05, 0) is 29.7 Å². The Morgan fingerprint density at radius 3 is 2.34 bits per heavy atom. The first kappa shape index (κ1) is 20.3. The third-order valence-electron chi connectivity index (χ3n) is 5.52.